The number of halogens is 1. The number of rotatable bonds is 7. The van der Waals surface area contributed by atoms with Crippen molar-refractivity contribution in [3.63, 3.8) is 0 Å². The van der Waals surface area contributed by atoms with Gasteiger partial charge in [0, 0.05) is 12.6 Å². The van der Waals surface area contributed by atoms with Crippen molar-refractivity contribution in [1.82, 2.24) is 9.97 Å². The van der Waals surface area contributed by atoms with E-state index in [0.29, 0.717) is 5.82 Å². The molecule has 0 fully saturated rings. The van der Waals surface area contributed by atoms with Gasteiger partial charge < -0.3 is 4.90 Å². The van der Waals surface area contributed by atoms with Crippen LogP contribution in [0.15, 0.2) is 6.33 Å². The molecule has 0 aliphatic rings. The van der Waals surface area contributed by atoms with Crippen LogP contribution in [-0.2, 0) is 0 Å². The molecule has 0 N–H and O–H groups in total. The Hall–Kier alpha value is -1.43. The van der Waals surface area contributed by atoms with E-state index in [1.807, 2.05) is 18.7 Å². The highest BCUT2D eigenvalue weighted by Gasteiger charge is 2.27. The molecule has 0 radical (unpaired) electrons. The largest absolute Gasteiger partial charge is 0.348 e. The summed E-state index contributed by atoms with van der Waals surface area (Å²) >= 11 is 5.83. The van der Waals surface area contributed by atoms with E-state index in [9.17, 15) is 10.1 Å². The highest BCUT2D eigenvalue weighted by atomic mass is 35.5. The van der Waals surface area contributed by atoms with Gasteiger partial charge in [-0.1, -0.05) is 31.9 Å². The standard InChI is InChI=1S/C12H19ClN4O2/c1-4-6-7-16(9(3)5-2)12-10(17(18)19)11(13)14-8-15-12/h8-9H,4-7H2,1-3H3. The van der Waals surface area contributed by atoms with Crippen LogP contribution < -0.4 is 4.90 Å². The molecule has 0 bridgehead atoms. The SMILES string of the molecule is CCCCN(c1ncnc(Cl)c1[N+](=O)[O-])C(C)CC. The maximum Gasteiger partial charge on any atom is 0.348 e. The van der Waals surface area contributed by atoms with Gasteiger partial charge in [-0.05, 0) is 19.8 Å². The highest BCUT2D eigenvalue weighted by Crippen LogP contribution is 2.32. The molecule has 7 heteroatoms. The first-order valence-electron chi connectivity index (χ1n) is 6.44. The van der Waals surface area contributed by atoms with Crippen LogP contribution >= 0.6 is 11.6 Å². The van der Waals surface area contributed by atoms with Gasteiger partial charge >= 0.3 is 5.69 Å². The van der Waals surface area contributed by atoms with Gasteiger partial charge in [0.25, 0.3) is 0 Å². The fraction of sp³-hybridized carbons (Fsp3) is 0.667. The van der Waals surface area contributed by atoms with Crippen molar-refractivity contribution in [1.29, 1.82) is 0 Å². The lowest BCUT2D eigenvalue weighted by Gasteiger charge is -2.29. The van der Waals surface area contributed by atoms with E-state index in [-0.39, 0.29) is 16.9 Å². The molecule has 19 heavy (non-hydrogen) atoms. The van der Waals surface area contributed by atoms with Crippen molar-refractivity contribution in [3.8, 4) is 0 Å². The van der Waals surface area contributed by atoms with E-state index in [2.05, 4.69) is 16.9 Å². The van der Waals surface area contributed by atoms with Crippen LogP contribution in [0.3, 0.4) is 0 Å². The summed E-state index contributed by atoms with van der Waals surface area (Å²) in [4.78, 5) is 20.3. The van der Waals surface area contributed by atoms with Crippen molar-refractivity contribution in [2.75, 3.05) is 11.4 Å². The molecule has 1 aromatic heterocycles. The molecule has 0 saturated carbocycles. The predicted octanol–water partition coefficient (Wildman–Crippen LogP) is 3.44. The summed E-state index contributed by atoms with van der Waals surface area (Å²) < 4.78 is 0. The van der Waals surface area contributed by atoms with Crippen LogP contribution in [0.1, 0.15) is 40.0 Å². The third kappa shape index (κ3) is 3.76. The second kappa shape index (κ2) is 7.23. The van der Waals surface area contributed by atoms with Crippen LogP contribution in [0.4, 0.5) is 11.5 Å². The average molecular weight is 287 g/mol. The molecular weight excluding hydrogens is 268 g/mol. The molecule has 1 unspecified atom stereocenters. The molecule has 0 aliphatic heterocycles. The summed E-state index contributed by atoms with van der Waals surface area (Å²) in [6, 6.07) is 0.163. The minimum atomic E-state index is -0.515. The molecule has 0 aliphatic carbocycles. The molecule has 0 amide bonds. The average Bonchev–Trinajstić information content (AvgIpc) is 2.38. The summed E-state index contributed by atoms with van der Waals surface area (Å²) in [5.41, 5.74) is -0.208. The number of unbranched alkanes of at least 4 members (excludes halogenated alkanes) is 1. The Bertz CT molecular complexity index is 442. The number of hydrogen-bond donors (Lipinski definition) is 0. The van der Waals surface area contributed by atoms with E-state index in [1.54, 1.807) is 0 Å². The molecule has 6 nitrogen and oxygen atoms in total. The van der Waals surface area contributed by atoms with Gasteiger partial charge in [0.15, 0.2) is 0 Å². The Labute approximate surface area is 118 Å². The number of aromatic nitrogens is 2. The first-order valence-corrected chi connectivity index (χ1v) is 6.82. The van der Waals surface area contributed by atoms with Gasteiger partial charge in [-0.2, -0.15) is 0 Å². The second-order valence-electron chi connectivity index (χ2n) is 4.40. The zero-order valence-electron chi connectivity index (χ0n) is 11.5. The maximum atomic E-state index is 11.1. The van der Waals surface area contributed by atoms with Crippen molar-refractivity contribution >= 4 is 23.1 Å². The monoisotopic (exact) mass is 286 g/mol. The molecule has 0 aromatic carbocycles. The van der Waals surface area contributed by atoms with E-state index < -0.39 is 4.92 Å². The number of hydrogen-bond acceptors (Lipinski definition) is 5. The van der Waals surface area contributed by atoms with Crippen molar-refractivity contribution < 1.29 is 4.92 Å². The fourth-order valence-electron chi connectivity index (χ4n) is 1.80. The summed E-state index contributed by atoms with van der Waals surface area (Å²) in [7, 11) is 0. The number of anilines is 1. The Balaban J connectivity index is 3.21. The fourth-order valence-corrected chi connectivity index (χ4v) is 2.00. The van der Waals surface area contributed by atoms with Crippen LogP contribution in [0.25, 0.3) is 0 Å². The zero-order valence-corrected chi connectivity index (χ0v) is 12.2. The molecule has 0 spiro atoms. The van der Waals surface area contributed by atoms with Gasteiger partial charge in [-0.15, -0.1) is 0 Å². The van der Waals surface area contributed by atoms with E-state index >= 15 is 0 Å². The van der Waals surface area contributed by atoms with Crippen molar-refractivity contribution in [2.45, 2.75) is 46.1 Å². The first kappa shape index (κ1) is 15.6. The van der Waals surface area contributed by atoms with Crippen LogP contribution in [-0.4, -0.2) is 27.5 Å². The summed E-state index contributed by atoms with van der Waals surface area (Å²) in [6.45, 7) is 6.86. The first-order chi connectivity index (χ1) is 9.02. The summed E-state index contributed by atoms with van der Waals surface area (Å²) in [5, 5.41) is 11.0. The number of nitro groups is 1. The van der Waals surface area contributed by atoms with E-state index in [0.717, 1.165) is 25.8 Å². The molecule has 1 rings (SSSR count). The van der Waals surface area contributed by atoms with Gasteiger partial charge in [0.05, 0.1) is 4.92 Å². The van der Waals surface area contributed by atoms with Crippen molar-refractivity contribution in [2.24, 2.45) is 0 Å². The van der Waals surface area contributed by atoms with Crippen LogP contribution in [0.2, 0.25) is 5.15 Å². The van der Waals surface area contributed by atoms with Crippen LogP contribution in [0, 0.1) is 10.1 Å². The molecular formula is C12H19ClN4O2. The predicted molar refractivity (Wildman–Crippen MR) is 75.7 cm³/mol. The minimum absolute atomic E-state index is 0.111. The maximum absolute atomic E-state index is 11.1. The second-order valence-corrected chi connectivity index (χ2v) is 4.76. The lowest BCUT2D eigenvalue weighted by molar-refractivity contribution is -0.384. The van der Waals surface area contributed by atoms with E-state index in [4.69, 9.17) is 11.6 Å². The summed E-state index contributed by atoms with van der Waals surface area (Å²) in [5.74, 6) is 0.313. The third-order valence-corrected chi connectivity index (χ3v) is 3.36. The Morgan fingerprint density at radius 2 is 2.16 bits per heavy atom. The third-order valence-electron chi connectivity index (χ3n) is 3.09. The van der Waals surface area contributed by atoms with Gasteiger partial charge in [-0.25, -0.2) is 9.97 Å². The normalized spacial score (nSPS) is 12.2. The molecule has 1 atom stereocenters. The van der Waals surface area contributed by atoms with E-state index in [1.165, 1.54) is 6.33 Å². The smallest absolute Gasteiger partial charge is 0.348 e. The molecule has 1 heterocycles. The van der Waals surface area contributed by atoms with Gasteiger partial charge in [-0.3, -0.25) is 10.1 Å². The molecule has 1 aromatic rings. The quantitative estimate of drug-likeness (QED) is 0.436. The van der Waals surface area contributed by atoms with Crippen LogP contribution in [0.5, 0.6) is 0 Å². The van der Waals surface area contributed by atoms with Crippen molar-refractivity contribution in [3.05, 3.63) is 21.6 Å². The lowest BCUT2D eigenvalue weighted by atomic mass is 10.2. The Morgan fingerprint density at radius 3 is 2.68 bits per heavy atom. The summed E-state index contributed by atoms with van der Waals surface area (Å²) in [6.07, 6.45) is 4.11. The Morgan fingerprint density at radius 1 is 1.47 bits per heavy atom. The lowest BCUT2D eigenvalue weighted by Crippen LogP contribution is -2.34. The van der Waals surface area contributed by atoms with Gasteiger partial charge in [0.1, 0.15) is 6.33 Å². The minimum Gasteiger partial charge on any atom is -0.348 e. The molecule has 106 valence electrons. The Kier molecular flexibility index (Phi) is 5.95. The topological polar surface area (TPSA) is 72.2 Å². The van der Waals surface area contributed by atoms with Gasteiger partial charge in [0.2, 0.25) is 11.0 Å². The molecule has 0 saturated heterocycles. The zero-order chi connectivity index (χ0) is 14.4. The number of nitrogens with zero attached hydrogens (tertiary/aromatic N) is 4. The highest BCUT2D eigenvalue weighted by molar-refractivity contribution is 6.31.